The van der Waals surface area contributed by atoms with Gasteiger partial charge in [-0.25, -0.2) is 4.39 Å². The third-order valence-electron chi connectivity index (χ3n) is 2.63. The van der Waals surface area contributed by atoms with Crippen molar-refractivity contribution in [1.82, 2.24) is 5.32 Å². The molecule has 1 rings (SSSR count). The van der Waals surface area contributed by atoms with E-state index >= 15 is 0 Å². The van der Waals surface area contributed by atoms with Crippen LogP contribution in [0.4, 0.5) is 4.39 Å². The average Bonchev–Trinajstić information content (AvgIpc) is 2.24. The Morgan fingerprint density at radius 1 is 1.50 bits per heavy atom. The van der Waals surface area contributed by atoms with E-state index in [0.29, 0.717) is 0 Å². The summed E-state index contributed by atoms with van der Waals surface area (Å²) in [6.07, 6.45) is 1.79. The van der Waals surface area contributed by atoms with Crippen LogP contribution in [-0.4, -0.2) is 7.05 Å². The molecule has 0 aliphatic rings. The third-order valence-corrected chi connectivity index (χ3v) is 3.09. The lowest BCUT2D eigenvalue weighted by Gasteiger charge is -2.18. The molecule has 1 N–H and O–H groups in total. The van der Waals surface area contributed by atoms with Gasteiger partial charge in [0.25, 0.3) is 0 Å². The van der Waals surface area contributed by atoms with Crippen molar-refractivity contribution in [2.24, 2.45) is 0 Å². The Kier molecular flexibility index (Phi) is 5.16. The second kappa shape index (κ2) is 6.16. The average molecular weight is 286 g/mol. The van der Waals surface area contributed by atoms with Crippen LogP contribution >= 0.6 is 15.9 Å². The summed E-state index contributed by atoms with van der Waals surface area (Å²) in [5.74, 6) is -0.216. The van der Waals surface area contributed by atoms with Gasteiger partial charge in [-0.1, -0.05) is 35.0 Å². The molecular weight excluding hydrogens is 269 g/mol. The number of nitrogens with one attached hydrogen (secondary N) is 1. The molecule has 0 fully saturated rings. The topological polar surface area (TPSA) is 12.0 Å². The summed E-state index contributed by atoms with van der Waals surface area (Å²) in [7, 11) is 1.88. The first-order chi connectivity index (χ1) is 7.56. The molecule has 0 heterocycles. The highest BCUT2D eigenvalue weighted by molar-refractivity contribution is 9.10. The maximum Gasteiger partial charge on any atom is 0.124 e. The van der Waals surface area contributed by atoms with Crippen molar-refractivity contribution in [3.63, 3.8) is 0 Å². The van der Waals surface area contributed by atoms with Crippen molar-refractivity contribution in [2.75, 3.05) is 7.05 Å². The minimum absolute atomic E-state index is 0.124. The first kappa shape index (κ1) is 13.4. The van der Waals surface area contributed by atoms with Crippen LogP contribution in [-0.2, 0) is 0 Å². The Bertz CT molecular complexity index is 356. The maximum atomic E-state index is 13.3. The Labute approximate surface area is 105 Å². The quantitative estimate of drug-likeness (QED) is 0.800. The van der Waals surface area contributed by atoms with Gasteiger partial charge < -0.3 is 5.32 Å². The van der Waals surface area contributed by atoms with Crippen LogP contribution < -0.4 is 5.32 Å². The number of hydrogen-bond acceptors (Lipinski definition) is 1. The maximum absolute atomic E-state index is 13.3. The Balaban J connectivity index is 2.90. The van der Waals surface area contributed by atoms with Gasteiger partial charge in [0.2, 0.25) is 0 Å². The van der Waals surface area contributed by atoms with Gasteiger partial charge in [-0.2, -0.15) is 0 Å². The molecule has 0 aliphatic heterocycles. The van der Waals surface area contributed by atoms with Crippen LogP contribution in [0.2, 0.25) is 0 Å². The van der Waals surface area contributed by atoms with Crippen LogP contribution in [0.25, 0.3) is 0 Å². The summed E-state index contributed by atoms with van der Waals surface area (Å²) in [5.41, 5.74) is 2.11. The number of benzene rings is 1. The minimum Gasteiger partial charge on any atom is -0.313 e. The molecule has 0 aliphatic carbocycles. The predicted molar refractivity (Wildman–Crippen MR) is 69.9 cm³/mol. The fraction of sp³-hybridized carbons (Fsp3) is 0.385. The monoisotopic (exact) mass is 285 g/mol. The molecule has 1 aromatic rings. The fourth-order valence-electron chi connectivity index (χ4n) is 1.60. The lowest BCUT2D eigenvalue weighted by molar-refractivity contribution is 0.570. The first-order valence-electron chi connectivity index (χ1n) is 5.36. The molecule has 0 saturated heterocycles. The molecular formula is C13H17BrFN. The van der Waals surface area contributed by atoms with E-state index in [1.54, 1.807) is 6.07 Å². The molecule has 1 aromatic carbocycles. The molecule has 0 bridgehead atoms. The van der Waals surface area contributed by atoms with Crippen molar-refractivity contribution in [1.29, 1.82) is 0 Å². The van der Waals surface area contributed by atoms with E-state index in [4.69, 9.17) is 0 Å². The van der Waals surface area contributed by atoms with Crippen molar-refractivity contribution in [3.8, 4) is 0 Å². The lowest BCUT2D eigenvalue weighted by atomic mass is 9.98. The van der Waals surface area contributed by atoms with Crippen molar-refractivity contribution in [2.45, 2.75) is 25.8 Å². The highest BCUT2D eigenvalue weighted by Gasteiger charge is 2.11. The van der Waals surface area contributed by atoms with Gasteiger partial charge in [-0.05, 0) is 43.7 Å². The summed E-state index contributed by atoms with van der Waals surface area (Å²) in [6.45, 7) is 6.07. The fourth-order valence-corrected chi connectivity index (χ4v) is 2.08. The molecule has 16 heavy (non-hydrogen) atoms. The summed E-state index contributed by atoms with van der Waals surface area (Å²) in [4.78, 5) is 0. The molecule has 0 saturated carbocycles. The molecule has 88 valence electrons. The van der Waals surface area contributed by atoms with Gasteiger partial charge in [0.15, 0.2) is 0 Å². The van der Waals surface area contributed by atoms with Crippen LogP contribution in [0.3, 0.4) is 0 Å². The molecule has 0 aromatic heterocycles. The van der Waals surface area contributed by atoms with Crippen molar-refractivity contribution >= 4 is 15.9 Å². The Hall–Kier alpha value is -0.670. The molecule has 1 atom stereocenters. The highest BCUT2D eigenvalue weighted by Crippen LogP contribution is 2.25. The van der Waals surface area contributed by atoms with Crippen LogP contribution in [0.1, 0.15) is 31.4 Å². The van der Waals surface area contributed by atoms with Gasteiger partial charge in [-0.3, -0.25) is 0 Å². The van der Waals surface area contributed by atoms with Gasteiger partial charge in [0, 0.05) is 10.5 Å². The zero-order valence-electron chi connectivity index (χ0n) is 9.69. The molecule has 0 spiro atoms. The van der Waals surface area contributed by atoms with Crippen LogP contribution in [0.15, 0.2) is 34.8 Å². The summed E-state index contributed by atoms with van der Waals surface area (Å²) in [6, 6.07) is 5.09. The standard InChI is InChI=1S/C13H17BrFN/c1-4-9(2)5-13(16-3)10-6-11(14)8-12(15)7-10/h6-8,13,16H,2,4-5H2,1,3H3. The molecule has 3 heteroatoms. The summed E-state index contributed by atoms with van der Waals surface area (Å²) in [5, 5.41) is 3.19. The smallest absolute Gasteiger partial charge is 0.124 e. The van der Waals surface area contributed by atoms with E-state index in [2.05, 4.69) is 34.7 Å². The normalized spacial score (nSPS) is 12.5. The van der Waals surface area contributed by atoms with Crippen molar-refractivity contribution in [3.05, 3.63) is 46.2 Å². The van der Waals surface area contributed by atoms with E-state index < -0.39 is 0 Å². The van der Waals surface area contributed by atoms with E-state index in [1.165, 1.54) is 11.6 Å². The van der Waals surface area contributed by atoms with Gasteiger partial charge in [0.1, 0.15) is 5.82 Å². The first-order valence-corrected chi connectivity index (χ1v) is 6.16. The zero-order chi connectivity index (χ0) is 12.1. The van der Waals surface area contributed by atoms with E-state index in [-0.39, 0.29) is 11.9 Å². The number of hydrogen-bond donors (Lipinski definition) is 1. The number of halogens is 2. The van der Waals surface area contributed by atoms with E-state index in [0.717, 1.165) is 22.9 Å². The van der Waals surface area contributed by atoms with E-state index in [9.17, 15) is 4.39 Å². The highest BCUT2D eigenvalue weighted by atomic mass is 79.9. The second-order valence-corrected chi connectivity index (χ2v) is 4.77. The van der Waals surface area contributed by atoms with E-state index in [1.807, 2.05) is 13.1 Å². The second-order valence-electron chi connectivity index (χ2n) is 3.85. The number of rotatable bonds is 5. The summed E-state index contributed by atoms with van der Waals surface area (Å²) >= 11 is 3.30. The lowest BCUT2D eigenvalue weighted by Crippen LogP contribution is -2.17. The van der Waals surface area contributed by atoms with Gasteiger partial charge >= 0.3 is 0 Å². The van der Waals surface area contributed by atoms with Gasteiger partial charge in [-0.15, -0.1) is 0 Å². The zero-order valence-corrected chi connectivity index (χ0v) is 11.3. The summed E-state index contributed by atoms with van der Waals surface area (Å²) < 4.78 is 14.0. The SMILES string of the molecule is C=C(CC)CC(NC)c1cc(F)cc(Br)c1. The van der Waals surface area contributed by atoms with Crippen molar-refractivity contribution < 1.29 is 4.39 Å². The van der Waals surface area contributed by atoms with Crippen LogP contribution in [0.5, 0.6) is 0 Å². The Morgan fingerprint density at radius 2 is 2.19 bits per heavy atom. The van der Waals surface area contributed by atoms with Crippen LogP contribution in [0, 0.1) is 5.82 Å². The minimum atomic E-state index is -0.216. The molecule has 0 amide bonds. The molecule has 1 nitrogen and oxygen atoms in total. The Morgan fingerprint density at radius 3 is 2.69 bits per heavy atom. The largest absolute Gasteiger partial charge is 0.313 e. The van der Waals surface area contributed by atoms with Gasteiger partial charge in [0.05, 0.1) is 0 Å². The molecule has 1 unspecified atom stereocenters. The molecule has 0 radical (unpaired) electrons. The predicted octanol–water partition coefficient (Wildman–Crippen LogP) is 4.21. The third kappa shape index (κ3) is 3.72.